The molecule has 1 aliphatic rings. The highest BCUT2D eigenvalue weighted by Gasteiger charge is 2.09. The van der Waals surface area contributed by atoms with Gasteiger partial charge in [-0.1, -0.05) is 6.42 Å². The fourth-order valence-electron chi connectivity index (χ4n) is 2.63. The number of likely N-dealkylation sites (tertiary alicyclic amines) is 1. The fraction of sp³-hybridized carbons (Fsp3) is 0.615. The predicted molar refractivity (Wildman–Crippen MR) is 70.2 cm³/mol. The largest absolute Gasteiger partial charge is 0.315 e. The van der Waals surface area contributed by atoms with Gasteiger partial charge >= 0.3 is 0 Å². The third kappa shape index (κ3) is 2.51. The molecule has 0 aromatic carbocycles. The first-order chi connectivity index (χ1) is 8.93. The van der Waals surface area contributed by atoms with Crippen molar-refractivity contribution < 1.29 is 0 Å². The van der Waals surface area contributed by atoms with Crippen molar-refractivity contribution >= 4 is 11.2 Å². The molecule has 0 atom stereocenters. The monoisotopic (exact) mass is 245 g/mol. The van der Waals surface area contributed by atoms with Crippen LogP contribution in [0.2, 0.25) is 0 Å². The van der Waals surface area contributed by atoms with Crippen LogP contribution in [0.15, 0.2) is 18.9 Å². The van der Waals surface area contributed by atoms with E-state index in [1.807, 2.05) is 6.33 Å². The third-order valence-corrected chi connectivity index (χ3v) is 3.60. The molecule has 0 amide bonds. The highest BCUT2D eigenvalue weighted by Crippen LogP contribution is 2.11. The Balaban J connectivity index is 1.56. The van der Waals surface area contributed by atoms with E-state index in [9.17, 15) is 0 Å². The number of hydrogen-bond acceptors (Lipinski definition) is 4. The van der Waals surface area contributed by atoms with Gasteiger partial charge in [0, 0.05) is 6.54 Å². The minimum absolute atomic E-state index is 0.885. The topological polar surface area (TPSA) is 46.8 Å². The highest BCUT2D eigenvalue weighted by molar-refractivity contribution is 5.68. The number of imidazole rings is 1. The molecule has 5 nitrogen and oxygen atoms in total. The molecule has 0 spiro atoms. The van der Waals surface area contributed by atoms with Crippen molar-refractivity contribution in [2.75, 3.05) is 19.6 Å². The number of aryl methyl sites for hydroxylation is 1. The van der Waals surface area contributed by atoms with Crippen LogP contribution in [0, 0.1) is 0 Å². The third-order valence-electron chi connectivity index (χ3n) is 3.60. The van der Waals surface area contributed by atoms with Gasteiger partial charge in [0.05, 0.1) is 12.5 Å². The number of piperidine rings is 1. The minimum atomic E-state index is 0.885. The summed E-state index contributed by atoms with van der Waals surface area (Å²) in [6.07, 6.45) is 10.5. The van der Waals surface area contributed by atoms with Gasteiger partial charge in [-0.25, -0.2) is 15.0 Å². The summed E-state index contributed by atoms with van der Waals surface area (Å²) < 4.78 is 2.13. The van der Waals surface area contributed by atoms with Crippen molar-refractivity contribution in [2.24, 2.45) is 0 Å². The van der Waals surface area contributed by atoms with Crippen LogP contribution in [0.25, 0.3) is 11.2 Å². The molecular formula is C13H19N5. The summed E-state index contributed by atoms with van der Waals surface area (Å²) in [5.74, 6) is 0. The zero-order valence-electron chi connectivity index (χ0n) is 10.6. The summed E-state index contributed by atoms with van der Waals surface area (Å²) in [5.41, 5.74) is 1.83. The van der Waals surface area contributed by atoms with Gasteiger partial charge in [0.15, 0.2) is 5.65 Å². The lowest BCUT2D eigenvalue weighted by molar-refractivity contribution is 0.223. The maximum Gasteiger partial charge on any atom is 0.163 e. The predicted octanol–water partition coefficient (Wildman–Crippen LogP) is 1.70. The van der Waals surface area contributed by atoms with Crippen LogP contribution in [0.5, 0.6) is 0 Å². The van der Waals surface area contributed by atoms with E-state index in [4.69, 9.17) is 0 Å². The Kier molecular flexibility index (Phi) is 3.50. The van der Waals surface area contributed by atoms with E-state index in [2.05, 4.69) is 24.4 Å². The summed E-state index contributed by atoms with van der Waals surface area (Å²) >= 11 is 0. The van der Waals surface area contributed by atoms with Gasteiger partial charge in [0.25, 0.3) is 0 Å². The Labute approximate surface area is 107 Å². The number of nitrogens with zero attached hydrogens (tertiary/aromatic N) is 5. The van der Waals surface area contributed by atoms with Gasteiger partial charge in [-0.05, 0) is 38.9 Å². The molecule has 3 heterocycles. The second-order valence-electron chi connectivity index (χ2n) is 4.93. The summed E-state index contributed by atoms with van der Waals surface area (Å²) in [4.78, 5) is 15.1. The van der Waals surface area contributed by atoms with Gasteiger partial charge in [-0.2, -0.15) is 0 Å². The Bertz CT molecular complexity index is 501. The van der Waals surface area contributed by atoms with Crippen molar-refractivity contribution in [3.8, 4) is 0 Å². The van der Waals surface area contributed by atoms with Gasteiger partial charge in [-0.15, -0.1) is 0 Å². The van der Waals surface area contributed by atoms with Crippen molar-refractivity contribution in [3.05, 3.63) is 18.9 Å². The maximum absolute atomic E-state index is 4.31. The van der Waals surface area contributed by atoms with Crippen molar-refractivity contribution in [1.82, 2.24) is 24.4 Å². The first-order valence-corrected chi connectivity index (χ1v) is 6.77. The number of rotatable bonds is 4. The molecule has 1 fully saturated rings. The maximum atomic E-state index is 4.31. The minimum Gasteiger partial charge on any atom is -0.315 e. The van der Waals surface area contributed by atoms with E-state index < -0.39 is 0 Å². The zero-order chi connectivity index (χ0) is 12.2. The zero-order valence-corrected chi connectivity index (χ0v) is 10.6. The average molecular weight is 245 g/mol. The Hall–Kier alpha value is -1.49. The van der Waals surface area contributed by atoms with Gasteiger partial charge in [-0.3, -0.25) is 0 Å². The Morgan fingerprint density at radius 1 is 1.06 bits per heavy atom. The Morgan fingerprint density at radius 3 is 2.83 bits per heavy atom. The second kappa shape index (κ2) is 5.44. The molecule has 0 saturated carbocycles. The lowest BCUT2D eigenvalue weighted by atomic mass is 10.1. The van der Waals surface area contributed by atoms with Gasteiger partial charge in [0.2, 0.25) is 0 Å². The lowest BCUT2D eigenvalue weighted by Gasteiger charge is -2.26. The quantitative estimate of drug-likeness (QED) is 0.822. The van der Waals surface area contributed by atoms with Gasteiger partial charge in [0.1, 0.15) is 11.8 Å². The summed E-state index contributed by atoms with van der Waals surface area (Å²) in [5, 5.41) is 0. The molecule has 96 valence electrons. The molecule has 18 heavy (non-hydrogen) atoms. The van der Waals surface area contributed by atoms with Crippen molar-refractivity contribution in [2.45, 2.75) is 32.2 Å². The Morgan fingerprint density at radius 2 is 1.94 bits per heavy atom. The summed E-state index contributed by atoms with van der Waals surface area (Å²) in [6, 6.07) is 0. The highest BCUT2D eigenvalue weighted by atomic mass is 15.1. The number of fused-ring (bicyclic) bond motifs is 1. The van der Waals surface area contributed by atoms with Crippen molar-refractivity contribution in [3.63, 3.8) is 0 Å². The van der Waals surface area contributed by atoms with E-state index in [0.29, 0.717) is 0 Å². The SMILES string of the molecule is c1ncc2ncn(CCCN3CCCCC3)c2n1. The molecule has 3 rings (SSSR count). The van der Waals surface area contributed by atoms with E-state index in [-0.39, 0.29) is 0 Å². The van der Waals surface area contributed by atoms with Crippen LogP contribution in [-0.4, -0.2) is 44.1 Å². The molecule has 0 unspecified atom stereocenters. The molecule has 1 aliphatic heterocycles. The van der Waals surface area contributed by atoms with E-state index in [1.54, 1.807) is 12.5 Å². The van der Waals surface area contributed by atoms with Crippen LogP contribution in [0.1, 0.15) is 25.7 Å². The fourth-order valence-corrected chi connectivity index (χ4v) is 2.63. The summed E-state index contributed by atoms with van der Waals surface area (Å²) in [6.45, 7) is 4.72. The molecule has 5 heteroatoms. The molecule has 0 bridgehead atoms. The second-order valence-corrected chi connectivity index (χ2v) is 4.93. The first kappa shape index (κ1) is 11.6. The molecule has 1 saturated heterocycles. The average Bonchev–Trinajstić information content (AvgIpc) is 2.84. The van der Waals surface area contributed by atoms with Crippen LogP contribution in [-0.2, 0) is 6.54 Å². The van der Waals surface area contributed by atoms with Crippen molar-refractivity contribution in [1.29, 1.82) is 0 Å². The molecule has 0 radical (unpaired) electrons. The molecule has 2 aromatic rings. The molecule has 2 aromatic heterocycles. The normalized spacial score (nSPS) is 17.3. The van der Waals surface area contributed by atoms with Crippen LogP contribution < -0.4 is 0 Å². The van der Waals surface area contributed by atoms with Crippen LogP contribution >= 0.6 is 0 Å². The smallest absolute Gasteiger partial charge is 0.163 e. The van der Waals surface area contributed by atoms with E-state index in [1.165, 1.54) is 38.9 Å². The first-order valence-electron chi connectivity index (χ1n) is 6.77. The lowest BCUT2D eigenvalue weighted by Crippen LogP contribution is -2.31. The van der Waals surface area contributed by atoms with E-state index >= 15 is 0 Å². The standard InChI is InChI=1S/C13H19N5/c1-2-5-17(6-3-1)7-4-8-18-11-16-12-9-14-10-15-13(12)18/h9-11H,1-8H2. The summed E-state index contributed by atoms with van der Waals surface area (Å²) in [7, 11) is 0. The van der Waals surface area contributed by atoms with Crippen LogP contribution in [0.3, 0.4) is 0 Å². The molecule has 0 aliphatic carbocycles. The molecular weight excluding hydrogens is 226 g/mol. The number of aromatic nitrogens is 4. The van der Waals surface area contributed by atoms with Gasteiger partial charge < -0.3 is 9.47 Å². The van der Waals surface area contributed by atoms with E-state index in [0.717, 1.165) is 24.1 Å². The molecule has 0 N–H and O–H groups in total. The number of hydrogen-bond donors (Lipinski definition) is 0. The van der Waals surface area contributed by atoms with Crippen LogP contribution in [0.4, 0.5) is 0 Å².